The lowest BCUT2D eigenvalue weighted by Gasteiger charge is -2.12. The van der Waals surface area contributed by atoms with Gasteiger partial charge in [0.25, 0.3) is 21.6 Å². The minimum Gasteiger partial charge on any atom is -0.494 e. The van der Waals surface area contributed by atoms with E-state index >= 15 is 0 Å². The Kier molecular flexibility index (Phi) is 7.19. The summed E-state index contributed by atoms with van der Waals surface area (Å²) in [6.07, 6.45) is 0. The minimum absolute atomic E-state index is 0.0237. The smallest absolute Gasteiger partial charge is 0.271 e. The van der Waals surface area contributed by atoms with Gasteiger partial charge in [0.1, 0.15) is 5.75 Å². The Bertz CT molecular complexity index is 1310. The number of rotatable bonds is 8. The van der Waals surface area contributed by atoms with Crippen LogP contribution in [0.1, 0.15) is 22.8 Å². The van der Waals surface area contributed by atoms with E-state index < -0.39 is 20.9 Å². The lowest BCUT2D eigenvalue weighted by atomic mass is 10.1. The summed E-state index contributed by atoms with van der Waals surface area (Å²) in [6, 6.07) is 14.1. The number of carbonyl (C=O) groups is 1. The topological polar surface area (TPSA) is 128 Å². The van der Waals surface area contributed by atoms with Gasteiger partial charge in [0, 0.05) is 17.8 Å². The van der Waals surface area contributed by atoms with E-state index in [1.165, 1.54) is 30.3 Å². The van der Waals surface area contributed by atoms with E-state index in [1.54, 1.807) is 31.2 Å². The molecule has 0 fully saturated rings. The number of hydrogen-bond donors (Lipinski definition) is 2. The number of nitrogens with one attached hydrogen (secondary N) is 2. The van der Waals surface area contributed by atoms with Crippen LogP contribution in [0.3, 0.4) is 0 Å². The summed E-state index contributed by atoms with van der Waals surface area (Å²) in [5, 5.41) is 13.6. The van der Waals surface area contributed by atoms with Gasteiger partial charge in [-0.15, -0.1) is 0 Å². The fourth-order valence-corrected chi connectivity index (χ4v) is 4.18. The molecule has 33 heavy (non-hydrogen) atoms. The molecule has 0 bridgehead atoms. The molecule has 3 rings (SSSR count). The molecule has 0 unspecified atom stereocenters. The second-order valence-corrected chi connectivity index (χ2v) is 9.00. The monoisotopic (exact) mass is 489 g/mol. The quantitative estimate of drug-likeness (QED) is 0.338. The van der Waals surface area contributed by atoms with E-state index in [9.17, 15) is 23.3 Å². The highest BCUT2D eigenvalue weighted by Gasteiger charge is 2.20. The molecule has 0 aliphatic carbocycles. The highest BCUT2D eigenvalue weighted by molar-refractivity contribution is 7.92. The van der Waals surface area contributed by atoms with Crippen LogP contribution >= 0.6 is 11.6 Å². The van der Waals surface area contributed by atoms with Crippen molar-refractivity contribution in [3.05, 3.63) is 86.9 Å². The molecule has 2 N–H and O–H groups in total. The van der Waals surface area contributed by atoms with Gasteiger partial charge < -0.3 is 10.1 Å². The van der Waals surface area contributed by atoms with Crippen molar-refractivity contribution in [2.45, 2.75) is 18.7 Å². The van der Waals surface area contributed by atoms with Crippen molar-refractivity contribution in [3.8, 4) is 5.75 Å². The van der Waals surface area contributed by atoms with E-state index in [1.807, 2.05) is 6.92 Å². The molecular weight excluding hydrogens is 470 g/mol. The molecule has 0 atom stereocenters. The van der Waals surface area contributed by atoms with Gasteiger partial charge in [-0.2, -0.15) is 0 Å². The zero-order valence-corrected chi connectivity index (χ0v) is 19.2. The number of nitro benzene ring substituents is 1. The Hall–Kier alpha value is -3.63. The molecule has 0 saturated carbocycles. The maximum absolute atomic E-state index is 12.8. The number of nitrogens with zero attached hydrogens (tertiary/aromatic N) is 1. The Balaban J connectivity index is 1.86. The summed E-state index contributed by atoms with van der Waals surface area (Å²) < 4.78 is 33.4. The van der Waals surface area contributed by atoms with Crippen molar-refractivity contribution >= 4 is 44.6 Å². The van der Waals surface area contributed by atoms with Gasteiger partial charge in [-0.3, -0.25) is 19.6 Å². The van der Waals surface area contributed by atoms with Crippen LogP contribution in [-0.4, -0.2) is 25.9 Å². The molecule has 9 nitrogen and oxygen atoms in total. The van der Waals surface area contributed by atoms with Crippen molar-refractivity contribution in [1.29, 1.82) is 0 Å². The zero-order valence-electron chi connectivity index (χ0n) is 17.7. The molecule has 0 aliphatic rings. The van der Waals surface area contributed by atoms with Gasteiger partial charge in [0.2, 0.25) is 0 Å². The Labute approximate surface area is 195 Å². The molecule has 3 aromatic rings. The molecule has 0 spiro atoms. The number of non-ortho nitro benzene ring substituents is 1. The summed E-state index contributed by atoms with van der Waals surface area (Å²) >= 11 is 6.14. The van der Waals surface area contributed by atoms with Crippen LogP contribution in [0.5, 0.6) is 5.75 Å². The van der Waals surface area contributed by atoms with Gasteiger partial charge in [-0.05, 0) is 61.9 Å². The summed E-state index contributed by atoms with van der Waals surface area (Å²) in [5.41, 5.74) is 0.818. The van der Waals surface area contributed by atoms with E-state index in [4.69, 9.17) is 16.3 Å². The van der Waals surface area contributed by atoms with Gasteiger partial charge in [0.05, 0.1) is 32.7 Å². The van der Waals surface area contributed by atoms with Crippen LogP contribution in [0.15, 0.2) is 65.6 Å². The van der Waals surface area contributed by atoms with Crippen LogP contribution < -0.4 is 14.8 Å². The van der Waals surface area contributed by atoms with Crippen molar-refractivity contribution in [3.63, 3.8) is 0 Å². The normalized spacial score (nSPS) is 11.0. The average Bonchev–Trinajstić information content (AvgIpc) is 2.76. The molecule has 1 amide bonds. The van der Waals surface area contributed by atoms with Gasteiger partial charge >= 0.3 is 0 Å². The number of nitro groups is 1. The minimum atomic E-state index is -4.03. The van der Waals surface area contributed by atoms with E-state index in [2.05, 4.69) is 10.0 Å². The first-order valence-corrected chi connectivity index (χ1v) is 11.6. The highest BCUT2D eigenvalue weighted by atomic mass is 35.5. The summed E-state index contributed by atoms with van der Waals surface area (Å²) in [6.45, 7) is 3.99. The molecule has 3 aromatic carbocycles. The van der Waals surface area contributed by atoms with Crippen LogP contribution in [0.2, 0.25) is 5.02 Å². The number of carbonyl (C=O) groups excluding carboxylic acids is 1. The average molecular weight is 490 g/mol. The second kappa shape index (κ2) is 9.88. The third-order valence-electron chi connectivity index (χ3n) is 4.59. The van der Waals surface area contributed by atoms with Gasteiger partial charge in [0.15, 0.2) is 0 Å². The number of ether oxygens (including phenoxy) is 1. The lowest BCUT2D eigenvalue weighted by molar-refractivity contribution is -0.384. The van der Waals surface area contributed by atoms with Crippen molar-refractivity contribution < 1.29 is 22.9 Å². The summed E-state index contributed by atoms with van der Waals surface area (Å²) in [7, 11) is -4.03. The molecule has 172 valence electrons. The van der Waals surface area contributed by atoms with Crippen LogP contribution in [0, 0.1) is 17.0 Å². The van der Waals surface area contributed by atoms with Gasteiger partial charge in [-0.25, -0.2) is 8.42 Å². The third-order valence-corrected chi connectivity index (χ3v) is 6.30. The number of anilines is 2. The summed E-state index contributed by atoms with van der Waals surface area (Å²) in [4.78, 5) is 23.1. The van der Waals surface area contributed by atoms with E-state index in [-0.39, 0.29) is 26.9 Å². The Morgan fingerprint density at radius 2 is 1.79 bits per heavy atom. The maximum atomic E-state index is 12.8. The first kappa shape index (κ1) is 24.0. The second-order valence-electron chi connectivity index (χ2n) is 6.91. The molecule has 0 saturated heterocycles. The Morgan fingerprint density at radius 3 is 2.42 bits per heavy atom. The number of halogens is 1. The molecule has 0 aromatic heterocycles. The standard InChI is InChI=1S/C22H20ClN3O6S/c1-3-32-17-8-5-15(6-9-17)25-33(30,31)18-10-11-20(23)19(13-18)22(27)24-21-12-16(26(28)29)7-4-14(21)2/h4-13,25H,3H2,1-2H3,(H,24,27). The molecule has 11 heteroatoms. The number of hydrogen-bond acceptors (Lipinski definition) is 6. The third kappa shape index (κ3) is 5.79. The van der Waals surface area contributed by atoms with E-state index in [0.29, 0.717) is 23.6 Å². The van der Waals surface area contributed by atoms with Crippen molar-refractivity contribution in [2.24, 2.45) is 0 Å². The zero-order chi connectivity index (χ0) is 24.2. The van der Waals surface area contributed by atoms with Gasteiger partial charge in [-0.1, -0.05) is 17.7 Å². The van der Waals surface area contributed by atoms with Crippen molar-refractivity contribution in [1.82, 2.24) is 0 Å². The fourth-order valence-electron chi connectivity index (χ4n) is 2.89. The van der Waals surface area contributed by atoms with Crippen molar-refractivity contribution in [2.75, 3.05) is 16.6 Å². The predicted octanol–water partition coefficient (Wildman–Crippen LogP) is 5.01. The molecule has 0 heterocycles. The number of benzene rings is 3. The largest absolute Gasteiger partial charge is 0.494 e. The first-order valence-electron chi connectivity index (χ1n) is 9.72. The van der Waals surface area contributed by atoms with Crippen LogP contribution in [-0.2, 0) is 10.0 Å². The Morgan fingerprint density at radius 1 is 1.09 bits per heavy atom. The highest BCUT2D eigenvalue weighted by Crippen LogP contribution is 2.26. The lowest BCUT2D eigenvalue weighted by Crippen LogP contribution is -2.17. The first-order chi connectivity index (χ1) is 15.6. The van der Waals surface area contributed by atoms with Crippen LogP contribution in [0.25, 0.3) is 0 Å². The number of aryl methyl sites for hydroxylation is 1. The number of sulfonamides is 1. The predicted molar refractivity (Wildman–Crippen MR) is 126 cm³/mol. The van der Waals surface area contributed by atoms with E-state index in [0.717, 1.165) is 6.07 Å². The molecule has 0 aliphatic heterocycles. The number of amides is 1. The van der Waals surface area contributed by atoms with Crippen LogP contribution in [0.4, 0.5) is 17.1 Å². The molecular formula is C22H20ClN3O6S. The summed E-state index contributed by atoms with van der Waals surface area (Å²) in [5.74, 6) is -0.107. The molecule has 0 radical (unpaired) electrons. The SMILES string of the molecule is CCOc1ccc(NS(=O)(=O)c2ccc(Cl)c(C(=O)Nc3cc([N+](=O)[O-])ccc3C)c2)cc1. The maximum Gasteiger partial charge on any atom is 0.271 e. The fraction of sp³-hybridized carbons (Fsp3) is 0.136.